The van der Waals surface area contributed by atoms with Crippen LogP contribution in [-0.2, 0) is 22.5 Å². The molecule has 0 fully saturated rings. The van der Waals surface area contributed by atoms with Crippen LogP contribution in [-0.4, -0.2) is 50.3 Å². The van der Waals surface area contributed by atoms with E-state index in [4.69, 9.17) is 4.74 Å². The van der Waals surface area contributed by atoms with Gasteiger partial charge in [0.25, 0.3) is 0 Å². The molecular weight excluding hydrogens is 314 g/mol. The maximum Gasteiger partial charge on any atom is 0.412 e. The van der Waals surface area contributed by atoms with E-state index in [0.717, 1.165) is 17.0 Å². The highest BCUT2D eigenvalue weighted by Gasteiger charge is 2.10. The second kappa shape index (κ2) is 8.09. The van der Waals surface area contributed by atoms with Gasteiger partial charge in [-0.05, 0) is 32.8 Å². The van der Waals surface area contributed by atoms with Gasteiger partial charge in [-0.2, -0.15) is 15.0 Å². The Hall–Kier alpha value is -2.91. The van der Waals surface area contributed by atoms with Crippen LogP contribution in [0.1, 0.15) is 23.9 Å². The van der Waals surface area contributed by atoms with Crippen molar-refractivity contribution in [2.24, 2.45) is 0 Å². The van der Waals surface area contributed by atoms with Gasteiger partial charge < -0.3 is 10.1 Å². The number of rotatable bonds is 7. The van der Waals surface area contributed by atoms with Crippen LogP contribution in [0.15, 0.2) is 6.20 Å². The third-order valence-corrected chi connectivity index (χ3v) is 3.30. The zero-order chi connectivity index (χ0) is 17.5. The third kappa shape index (κ3) is 4.80. The van der Waals surface area contributed by atoms with Crippen LogP contribution in [0.4, 0.5) is 10.6 Å². The van der Waals surface area contributed by atoms with Crippen molar-refractivity contribution in [2.45, 2.75) is 33.7 Å². The number of carbonyl (C=O) groups is 2. The molecule has 10 nitrogen and oxygen atoms in total. The molecule has 2 rings (SSSR count). The number of aryl methyl sites for hydroxylation is 2. The number of hydrogen-bond donors (Lipinski definition) is 3. The molecule has 0 spiro atoms. The molecule has 0 saturated carbocycles. The molecule has 130 valence electrons. The van der Waals surface area contributed by atoms with E-state index >= 15 is 0 Å². The normalized spacial score (nSPS) is 10.5. The first-order chi connectivity index (χ1) is 11.5. The SMILES string of the molecule is CCOC(=O)Nc1cnn(CC(=O)NCCc2c(C)n[nH]c2C)n1. The number of amides is 2. The minimum absolute atomic E-state index is 0.0339. The van der Waals surface area contributed by atoms with Gasteiger partial charge in [0.2, 0.25) is 5.91 Å². The lowest BCUT2D eigenvalue weighted by Gasteiger charge is -2.05. The van der Waals surface area contributed by atoms with Gasteiger partial charge in [0.1, 0.15) is 6.54 Å². The Labute approximate surface area is 139 Å². The number of anilines is 1. The summed E-state index contributed by atoms with van der Waals surface area (Å²) in [6.07, 6.45) is 1.43. The Kier molecular flexibility index (Phi) is 5.88. The molecule has 0 bridgehead atoms. The Bertz CT molecular complexity index is 688. The molecular formula is C14H21N7O3. The number of nitrogens with zero attached hydrogens (tertiary/aromatic N) is 4. The Balaban J connectivity index is 1.76. The summed E-state index contributed by atoms with van der Waals surface area (Å²) in [7, 11) is 0. The molecule has 0 aliphatic carbocycles. The quantitative estimate of drug-likeness (QED) is 0.678. The molecule has 2 aromatic rings. The van der Waals surface area contributed by atoms with Crippen LogP contribution >= 0.6 is 0 Å². The van der Waals surface area contributed by atoms with E-state index in [-0.39, 0.29) is 24.9 Å². The minimum Gasteiger partial charge on any atom is -0.450 e. The van der Waals surface area contributed by atoms with Crippen LogP contribution in [0.3, 0.4) is 0 Å². The fourth-order valence-corrected chi connectivity index (χ4v) is 2.16. The number of ether oxygens (including phenoxy) is 1. The molecule has 24 heavy (non-hydrogen) atoms. The molecule has 0 atom stereocenters. The van der Waals surface area contributed by atoms with Crippen molar-refractivity contribution < 1.29 is 14.3 Å². The fraction of sp³-hybridized carbons (Fsp3) is 0.500. The second-order valence-corrected chi connectivity index (χ2v) is 5.12. The van der Waals surface area contributed by atoms with Crippen LogP contribution in [0.2, 0.25) is 0 Å². The van der Waals surface area contributed by atoms with Gasteiger partial charge in [0, 0.05) is 12.2 Å². The van der Waals surface area contributed by atoms with Crippen molar-refractivity contribution in [1.29, 1.82) is 0 Å². The van der Waals surface area contributed by atoms with Gasteiger partial charge in [-0.25, -0.2) is 4.79 Å². The highest BCUT2D eigenvalue weighted by molar-refractivity contribution is 5.83. The van der Waals surface area contributed by atoms with E-state index in [1.165, 1.54) is 11.0 Å². The number of nitrogens with one attached hydrogen (secondary N) is 3. The van der Waals surface area contributed by atoms with Crippen LogP contribution in [0, 0.1) is 13.8 Å². The summed E-state index contributed by atoms with van der Waals surface area (Å²) in [6.45, 7) is 6.30. The standard InChI is InChI=1S/C14H21N7O3/c1-4-24-14(23)17-12-7-16-21(20-12)8-13(22)15-6-5-11-9(2)18-19-10(11)3/h7H,4-6,8H2,1-3H3,(H,15,22)(H,18,19)(H,17,20,23). The number of H-pyrrole nitrogens is 1. The summed E-state index contributed by atoms with van der Waals surface area (Å²) in [6, 6.07) is 0. The topological polar surface area (TPSA) is 127 Å². The molecule has 3 N–H and O–H groups in total. The van der Waals surface area contributed by atoms with Crippen LogP contribution in [0.25, 0.3) is 0 Å². The highest BCUT2D eigenvalue weighted by Crippen LogP contribution is 2.09. The van der Waals surface area contributed by atoms with Gasteiger partial charge in [0.05, 0.1) is 18.5 Å². The molecule has 10 heteroatoms. The smallest absolute Gasteiger partial charge is 0.412 e. The number of hydrogen-bond acceptors (Lipinski definition) is 6. The van der Waals surface area contributed by atoms with E-state index in [2.05, 4.69) is 31.0 Å². The van der Waals surface area contributed by atoms with Crippen LogP contribution in [0.5, 0.6) is 0 Å². The summed E-state index contributed by atoms with van der Waals surface area (Å²) < 4.78 is 4.73. The van der Waals surface area contributed by atoms with Crippen molar-refractivity contribution in [3.63, 3.8) is 0 Å². The monoisotopic (exact) mass is 335 g/mol. The van der Waals surface area contributed by atoms with Gasteiger partial charge in [-0.1, -0.05) is 0 Å². The zero-order valence-electron chi connectivity index (χ0n) is 13.9. The highest BCUT2D eigenvalue weighted by atomic mass is 16.5. The Morgan fingerprint density at radius 3 is 2.83 bits per heavy atom. The largest absolute Gasteiger partial charge is 0.450 e. The zero-order valence-corrected chi connectivity index (χ0v) is 13.9. The second-order valence-electron chi connectivity index (χ2n) is 5.12. The summed E-state index contributed by atoms with van der Waals surface area (Å²) in [5.41, 5.74) is 3.05. The number of aromatic nitrogens is 5. The summed E-state index contributed by atoms with van der Waals surface area (Å²) in [5, 5.41) is 20.1. The van der Waals surface area contributed by atoms with E-state index < -0.39 is 6.09 Å². The maximum atomic E-state index is 11.9. The van der Waals surface area contributed by atoms with Gasteiger partial charge in [-0.3, -0.25) is 15.2 Å². The predicted octanol–water partition coefficient (Wildman–Crippen LogP) is 0.545. The van der Waals surface area contributed by atoms with E-state index in [1.807, 2.05) is 13.8 Å². The molecule has 0 aliphatic heterocycles. The van der Waals surface area contributed by atoms with Gasteiger partial charge in [-0.15, -0.1) is 5.10 Å². The van der Waals surface area contributed by atoms with Crippen molar-refractivity contribution in [3.8, 4) is 0 Å². The first-order valence-corrected chi connectivity index (χ1v) is 7.60. The van der Waals surface area contributed by atoms with E-state index in [0.29, 0.717) is 13.0 Å². The summed E-state index contributed by atoms with van der Waals surface area (Å²) in [4.78, 5) is 24.4. The summed E-state index contributed by atoms with van der Waals surface area (Å²) in [5.74, 6) is 0.0120. The average molecular weight is 335 g/mol. The number of aromatic amines is 1. The number of carbonyl (C=O) groups excluding carboxylic acids is 2. The molecule has 0 radical (unpaired) electrons. The van der Waals surface area contributed by atoms with Crippen molar-refractivity contribution in [1.82, 2.24) is 30.5 Å². The average Bonchev–Trinajstić information content (AvgIpc) is 3.08. The molecule has 2 heterocycles. The fourth-order valence-electron chi connectivity index (χ4n) is 2.16. The molecule has 0 aliphatic rings. The van der Waals surface area contributed by atoms with Crippen molar-refractivity contribution in [3.05, 3.63) is 23.1 Å². The third-order valence-electron chi connectivity index (χ3n) is 3.30. The van der Waals surface area contributed by atoms with E-state index in [9.17, 15) is 9.59 Å². The molecule has 2 amide bonds. The molecule has 0 aromatic carbocycles. The Morgan fingerprint density at radius 2 is 2.17 bits per heavy atom. The van der Waals surface area contributed by atoms with Crippen molar-refractivity contribution in [2.75, 3.05) is 18.5 Å². The first-order valence-electron chi connectivity index (χ1n) is 7.60. The van der Waals surface area contributed by atoms with Crippen LogP contribution < -0.4 is 10.6 Å². The minimum atomic E-state index is -0.611. The maximum absolute atomic E-state index is 11.9. The lowest BCUT2D eigenvalue weighted by molar-refractivity contribution is -0.122. The van der Waals surface area contributed by atoms with Gasteiger partial charge >= 0.3 is 6.09 Å². The van der Waals surface area contributed by atoms with Crippen molar-refractivity contribution >= 4 is 17.8 Å². The lowest BCUT2D eigenvalue weighted by Crippen LogP contribution is -2.30. The first kappa shape index (κ1) is 17.4. The molecule has 0 unspecified atom stereocenters. The molecule has 0 saturated heterocycles. The van der Waals surface area contributed by atoms with E-state index in [1.54, 1.807) is 6.92 Å². The molecule has 2 aromatic heterocycles. The van der Waals surface area contributed by atoms with Gasteiger partial charge in [0.15, 0.2) is 5.82 Å². The Morgan fingerprint density at radius 1 is 1.38 bits per heavy atom. The predicted molar refractivity (Wildman–Crippen MR) is 85.4 cm³/mol. The summed E-state index contributed by atoms with van der Waals surface area (Å²) >= 11 is 0. The lowest BCUT2D eigenvalue weighted by atomic mass is 10.1.